The minimum Gasteiger partial charge on any atom is -0.444 e. The molecule has 0 saturated heterocycles. The normalized spacial score (nSPS) is 11.1. The maximum absolute atomic E-state index is 11.4. The fourth-order valence-corrected chi connectivity index (χ4v) is 2.58. The molecule has 1 amide bonds. The van der Waals surface area contributed by atoms with Crippen LogP contribution in [0.15, 0.2) is 4.60 Å². The second-order valence-electron chi connectivity index (χ2n) is 4.04. The van der Waals surface area contributed by atoms with Crippen LogP contribution in [0, 0.1) is 0 Å². The van der Waals surface area contributed by atoms with Gasteiger partial charge in [0.25, 0.3) is 5.24 Å². The zero-order valence-electron chi connectivity index (χ0n) is 9.34. The number of anilines is 1. The van der Waals surface area contributed by atoms with Gasteiger partial charge in [0.1, 0.15) is 15.1 Å². The molecule has 0 fully saturated rings. The van der Waals surface area contributed by atoms with Gasteiger partial charge in [0.15, 0.2) is 5.13 Å². The summed E-state index contributed by atoms with van der Waals surface area (Å²) >= 11 is 9.36. The number of hydrogen-bond donors (Lipinski definition) is 1. The van der Waals surface area contributed by atoms with Crippen molar-refractivity contribution in [1.82, 2.24) is 4.98 Å². The largest absolute Gasteiger partial charge is 0.444 e. The molecule has 8 heteroatoms. The number of thiazole rings is 1. The number of ether oxygens (including phenoxy) is 1. The Morgan fingerprint density at radius 3 is 2.47 bits per heavy atom. The van der Waals surface area contributed by atoms with Gasteiger partial charge in [-0.2, -0.15) is 0 Å². The molecule has 1 heterocycles. The van der Waals surface area contributed by atoms with Gasteiger partial charge in [-0.25, -0.2) is 9.78 Å². The molecule has 0 saturated carbocycles. The van der Waals surface area contributed by atoms with Crippen LogP contribution >= 0.6 is 38.9 Å². The fraction of sp³-hybridized carbons (Fsp3) is 0.444. The summed E-state index contributed by atoms with van der Waals surface area (Å²) < 4.78 is 5.33. The van der Waals surface area contributed by atoms with E-state index < -0.39 is 16.9 Å². The van der Waals surface area contributed by atoms with Gasteiger partial charge in [-0.3, -0.25) is 10.1 Å². The Hall–Kier alpha value is -0.660. The summed E-state index contributed by atoms with van der Waals surface area (Å²) in [5.74, 6) is 0. The van der Waals surface area contributed by atoms with E-state index in [4.69, 9.17) is 16.3 Å². The molecule has 5 nitrogen and oxygen atoms in total. The minimum absolute atomic E-state index is 0.234. The van der Waals surface area contributed by atoms with Crippen LogP contribution in [0.4, 0.5) is 9.93 Å². The third kappa shape index (κ3) is 4.61. The van der Waals surface area contributed by atoms with E-state index in [1.54, 1.807) is 20.8 Å². The highest BCUT2D eigenvalue weighted by Crippen LogP contribution is 2.28. The second-order valence-corrected chi connectivity index (χ2v) is 6.13. The van der Waals surface area contributed by atoms with E-state index in [-0.39, 0.29) is 10.0 Å². The maximum atomic E-state index is 11.4. The third-order valence-electron chi connectivity index (χ3n) is 1.37. The first-order valence-corrected chi connectivity index (χ1v) is 6.54. The molecule has 0 aliphatic carbocycles. The number of nitrogens with zero attached hydrogens (tertiary/aromatic N) is 1. The lowest BCUT2D eigenvalue weighted by molar-refractivity contribution is 0.0635. The van der Waals surface area contributed by atoms with Crippen LogP contribution in [0.1, 0.15) is 30.4 Å². The molecule has 1 rings (SSSR count). The molecular weight excluding hydrogens is 332 g/mol. The van der Waals surface area contributed by atoms with Gasteiger partial charge in [0.2, 0.25) is 0 Å². The lowest BCUT2D eigenvalue weighted by atomic mass is 10.2. The number of amides is 1. The Bertz CT molecular complexity index is 456. The first kappa shape index (κ1) is 14.4. The number of halogens is 2. The van der Waals surface area contributed by atoms with Crippen LogP contribution < -0.4 is 5.32 Å². The van der Waals surface area contributed by atoms with Crippen molar-refractivity contribution < 1.29 is 14.3 Å². The zero-order valence-corrected chi connectivity index (χ0v) is 12.5. The van der Waals surface area contributed by atoms with Gasteiger partial charge in [0.05, 0.1) is 0 Å². The third-order valence-corrected chi connectivity index (χ3v) is 3.48. The molecule has 0 atom stereocenters. The summed E-state index contributed by atoms with van der Waals surface area (Å²) in [6.45, 7) is 5.24. The van der Waals surface area contributed by atoms with E-state index >= 15 is 0 Å². The second kappa shape index (κ2) is 5.32. The topological polar surface area (TPSA) is 68.3 Å². The Balaban J connectivity index is 2.73. The summed E-state index contributed by atoms with van der Waals surface area (Å²) in [6, 6.07) is 0. The highest BCUT2D eigenvalue weighted by atomic mass is 79.9. The number of carbonyl (C=O) groups is 2. The van der Waals surface area contributed by atoms with E-state index in [2.05, 4.69) is 26.2 Å². The molecule has 0 radical (unpaired) electrons. The van der Waals surface area contributed by atoms with Crippen molar-refractivity contribution in [2.45, 2.75) is 26.4 Å². The van der Waals surface area contributed by atoms with Crippen molar-refractivity contribution in [2.24, 2.45) is 0 Å². The van der Waals surface area contributed by atoms with E-state index in [1.807, 2.05) is 0 Å². The van der Waals surface area contributed by atoms with Crippen LogP contribution in [0.5, 0.6) is 0 Å². The molecule has 0 aromatic carbocycles. The zero-order chi connectivity index (χ0) is 13.2. The molecule has 0 unspecified atom stereocenters. The molecule has 0 aliphatic heterocycles. The molecule has 0 spiro atoms. The minimum atomic E-state index is -0.633. The first-order valence-electron chi connectivity index (χ1n) is 4.55. The number of rotatable bonds is 2. The Kier molecular flexibility index (Phi) is 4.51. The van der Waals surface area contributed by atoms with Crippen LogP contribution in [0.25, 0.3) is 0 Å². The number of nitrogens with one attached hydrogen (secondary N) is 1. The standard InChI is InChI=1S/C9H10BrClN2O3S/c1-9(2,3)16-8(15)13-7-12-5(10)4(17-7)6(11)14/h1-3H3,(H,12,13,15). The molecule has 1 N–H and O–H groups in total. The number of carbonyl (C=O) groups excluding carboxylic acids is 2. The van der Waals surface area contributed by atoms with Crippen LogP contribution in [-0.2, 0) is 4.74 Å². The SMILES string of the molecule is CC(C)(C)OC(=O)Nc1nc(Br)c(C(=O)Cl)s1. The van der Waals surface area contributed by atoms with Crippen molar-refractivity contribution in [3.63, 3.8) is 0 Å². The predicted octanol–water partition coefficient (Wildman–Crippen LogP) is 3.63. The summed E-state index contributed by atoms with van der Waals surface area (Å²) in [5, 5.41) is 2.03. The summed E-state index contributed by atoms with van der Waals surface area (Å²) in [4.78, 5) is 26.5. The quantitative estimate of drug-likeness (QED) is 0.834. The van der Waals surface area contributed by atoms with Crippen LogP contribution in [-0.4, -0.2) is 21.9 Å². The summed E-state index contributed by atoms with van der Waals surface area (Å²) in [6.07, 6.45) is -0.632. The van der Waals surface area contributed by atoms with E-state index in [0.717, 1.165) is 11.3 Å². The molecule has 17 heavy (non-hydrogen) atoms. The van der Waals surface area contributed by atoms with Gasteiger partial charge in [-0.15, -0.1) is 0 Å². The molecular formula is C9H10BrClN2O3S. The van der Waals surface area contributed by atoms with Gasteiger partial charge in [-0.05, 0) is 48.3 Å². The average Bonchev–Trinajstić information content (AvgIpc) is 2.42. The maximum Gasteiger partial charge on any atom is 0.413 e. The molecule has 0 bridgehead atoms. The summed E-state index contributed by atoms with van der Waals surface area (Å²) in [7, 11) is 0. The van der Waals surface area contributed by atoms with Crippen LogP contribution in [0.2, 0.25) is 0 Å². The van der Waals surface area contributed by atoms with Gasteiger partial charge >= 0.3 is 6.09 Å². The van der Waals surface area contributed by atoms with Crippen molar-refractivity contribution in [3.05, 3.63) is 9.48 Å². The lowest BCUT2D eigenvalue weighted by Crippen LogP contribution is -2.27. The summed E-state index contributed by atoms with van der Waals surface area (Å²) in [5.41, 5.74) is -0.594. The van der Waals surface area contributed by atoms with Crippen molar-refractivity contribution >= 4 is 55.3 Å². The predicted molar refractivity (Wildman–Crippen MR) is 69.9 cm³/mol. The number of hydrogen-bond acceptors (Lipinski definition) is 5. The van der Waals surface area contributed by atoms with Gasteiger partial charge in [-0.1, -0.05) is 11.3 Å². The Morgan fingerprint density at radius 2 is 2.06 bits per heavy atom. The van der Waals surface area contributed by atoms with Crippen molar-refractivity contribution in [1.29, 1.82) is 0 Å². The Labute approximate surface area is 116 Å². The van der Waals surface area contributed by atoms with Gasteiger partial charge < -0.3 is 4.74 Å². The Morgan fingerprint density at radius 1 is 1.47 bits per heavy atom. The molecule has 1 aromatic heterocycles. The van der Waals surface area contributed by atoms with Crippen molar-refractivity contribution in [2.75, 3.05) is 5.32 Å². The highest BCUT2D eigenvalue weighted by Gasteiger charge is 2.19. The fourth-order valence-electron chi connectivity index (χ4n) is 0.867. The average molecular weight is 342 g/mol. The number of aromatic nitrogens is 1. The monoisotopic (exact) mass is 340 g/mol. The molecule has 94 valence electrons. The van der Waals surface area contributed by atoms with Gasteiger partial charge in [0, 0.05) is 0 Å². The van der Waals surface area contributed by atoms with E-state index in [1.165, 1.54) is 0 Å². The molecule has 0 aliphatic rings. The van der Waals surface area contributed by atoms with Crippen LogP contribution in [0.3, 0.4) is 0 Å². The smallest absolute Gasteiger partial charge is 0.413 e. The van der Waals surface area contributed by atoms with Crippen molar-refractivity contribution in [3.8, 4) is 0 Å². The highest BCUT2D eigenvalue weighted by molar-refractivity contribution is 9.10. The lowest BCUT2D eigenvalue weighted by Gasteiger charge is -2.18. The van der Waals surface area contributed by atoms with E-state index in [0.29, 0.717) is 4.60 Å². The first-order chi connectivity index (χ1) is 7.69. The molecule has 1 aromatic rings. The van der Waals surface area contributed by atoms with E-state index in [9.17, 15) is 9.59 Å².